The Labute approximate surface area is 98.6 Å². The Morgan fingerprint density at radius 1 is 1.71 bits per heavy atom. The molecule has 17 heavy (non-hydrogen) atoms. The van der Waals surface area contributed by atoms with Crippen molar-refractivity contribution >= 4 is 17.3 Å². The normalized spacial score (nSPS) is 11.6. The van der Waals surface area contributed by atoms with E-state index in [0.29, 0.717) is 12.2 Å². The lowest BCUT2D eigenvalue weighted by Crippen LogP contribution is -2.29. The van der Waals surface area contributed by atoms with E-state index in [4.69, 9.17) is 11.0 Å². The van der Waals surface area contributed by atoms with E-state index in [1.807, 2.05) is 6.92 Å². The summed E-state index contributed by atoms with van der Waals surface area (Å²) in [5.74, 6) is 0.388. The maximum Gasteiger partial charge on any atom is 0.311 e. The van der Waals surface area contributed by atoms with Crippen LogP contribution in [0.3, 0.4) is 0 Å². The maximum atomic E-state index is 10.6. The van der Waals surface area contributed by atoms with Gasteiger partial charge in [0.25, 0.3) is 0 Å². The molecule has 1 atom stereocenters. The van der Waals surface area contributed by atoms with Crippen LogP contribution in [0.5, 0.6) is 0 Å². The largest absolute Gasteiger partial charge is 0.378 e. The van der Waals surface area contributed by atoms with E-state index < -0.39 is 4.92 Å². The first-order valence-electron chi connectivity index (χ1n) is 4.98. The molecule has 1 unspecified atom stereocenters. The first-order valence-corrected chi connectivity index (χ1v) is 4.98. The zero-order valence-electron chi connectivity index (χ0n) is 9.62. The maximum absolute atomic E-state index is 10.6. The predicted octanol–water partition coefficient (Wildman–Crippen LogP) is 1.31. The summed E-state index contributed by atoms with van der Waals surface area (Å²) in [6.07, 6.45) is 0.342. The van der Waals surface area contributed by atoms with E-state index in [9.17, 15) is 10.1 Å². The molecule has 1 aromatic rings. The van der Waals surface area contributed by atoms with Gasteiger partial charge in [0.1, 0.15) is 5.82 Å². The highest BCUT2D eigenvalue weighted by atomic mass is 16.6. The fourth-order valence-electron chi connectivity index (χ4n) is 1.30. The highest BCUT2D eigenvalue weighted by Gasteiger charge is 2.16. The third-order valence-electron chi connectivity index (χ3n) is 2.49. The highest BCUT2D eigenvalue weighted by molar-refractivity contribution is 5.58. The monoisotopic (exact) mass is 235 g/mol. The minimum absolute atomic E-state index is 0.0339. The Bertz CT molecular complexity index is 468. The molecule has 0 radical (unpaired) electrons. The van der Waals surface area contributed by atoms with Gasteiger partial charge in [0, 0.05) is 19.2 Å². The van der Waals surface area contributed by atoms with Crippen molar-refractivity contribution in [2.45, 2.75) is 19.4 Å². The summed E-state index contributed by atoms with van der Waals surface area (Å²) in [7, 11) is 1.76. The van der Waals surface area contributed by atoms with E-state index in [2.05, 4.69) is 11.1 Å². The number of anilines is 2. The van der Waals surface area contributed by atoms with Crippen molar-refractivity contribution in [3.63, 3.8) is 0 Å². The van der Waals surface area contributed by atoms with Crippen LogP contribution in [0.25, 0.3) is 0 Å². The van der Waals surface area contributed by atoms with E-state index in [-0.39, 0.29) is 17.5 Å². The molecule has 0 saturated carbocycles. The number of aromatic nitrogens is 1. The Balaban J connectivity index is 2.98. The van der Waals surface area contributed by atoms with Gasteiger partial charge in [0.2, 0.25) is 5.82 Å². The summed E-state index contributed by atoms with van der Waals surface area (Å²) in [5, 5.41) is 19.2. The molecule has 90 valence electrons. The second-order valence-corrected chi connectivity index (χ2v) is 3.65. The molecule has 1 aromatic heterocycles. The minimum Gasteiger partial charge on any atom is -0.378 e. The van der Waals surface area contributed by atoms with Gasteiger partial charge >= 0.3 is 5.69 Å². The summed E-state index contributed by atoms with van der Waals surface area (Å²) in [6.45, 7) is 1.86. The summed E-state index contributed by atoms with van der Waals surface area (Å²) in [4.78, 5) is 15.7. The number of nitrogens with zero attached hydrogens (tertiary/aromatic N) is 4. The van der Waals surface area contributed by atoms with Crippen LogP contribution < -0.4 is 10.6 Å². The molecule has 0 saturated heterocycles. The molecule has 0 aromatic carbocycles. The van der Waals surface area contributed by atoms with E-state index in [0.717, 1.165) is 0 Å². The number of nitrogen functional groups attached to an aromatic ring is 1. The number of pyridine rings is 1. The average molecular weight is 235 g/mol. The SMILES string of the molecule is CC(CC#N)N(C)c1ccc([N+](=O)[O-])c(N)n1. The second-order valence-electron chi connectivity index (χ2n) is 3.65. The van der Waals surface area contributed by atoms with Crippen molar-refractivity contribution < 1.29 is 4.92 Å². The summed E-state index contributed by atoms with van der Waals surface area (Å²) < 4.78 is 0. The molecule has 0 fully saturated rings. The van der Waals surface area contributed by atoms with Gasteiger partial charge in [-0.05, 0) is 13.0 Å². The third kappa shape index (κ3) is 2.81. The molecular formula is C10H13N5O2. The predicted molar refractivity (Wildman–Crippen MR) is 63.4 cm³/mol. The van der Waals surface area contributed by atoms with Crippen molar-refractivity contribution in [3.8, 4) is 6.07 Å². The molecular weight excluding hydrogens is 222 g/mol. The van der Waals surface area contributed by atoms with Crippen LogP contribution in [-0.2, 0) is 0 Å². The number of rotatable bonds is 4. The smallest absolute Gasteiger partial charge is 0.311 e. The van der Waals surface area contributed by atoms with Gasteiger partial charge in [-0.25, -0.2) is 4.98 Å². The molecule has 0 amide bonds. The lowest BCUT2D eigenvalue weighted by Gasteiger charge is -2.23. The lowest BCUT2D eigenvalue weighted by molar-refractivity contribution is -0.384. The van der Waals surface area contributed by atoms with Crippen LogP contribution in [0.4, 0.5) is 17.3 Å². The van der Waals surface area contributed by atoms with E-state index in [1.165, 1.54) is 12.1 Å². The van der Waals surface area contributed by atoms with Crippen LogP contribution in [-0.4, -0.2) is 23.0 Å². The first kappa shape index (κ1) is 12.7. The zero-order valence-corrected chi connectivity index (χ0v) is 9.62. The molecule has 2 N–H and O–H groups in total. The van der Waals surface area contributed by atoms with Gasteiger partial charge in [-0.2, -0.15) is 5.26 Å². The van der Waals surface area contributed by atoms with Crippen LogP contribution in [0.15, 0.2) is 12.1 Å². The number of nitriles is 1. The molecule has 0 bridgehead atoms. The van der Waals surface area contributed by atoms with Crippen molar-refractivity contribution in [2.24, 2.45) is 0 Å². The van der Waals surface area contributed by atoms with Gasteiger partial charge in [0.05, 0.1) is 17.4 Å². The van der Waals surface area contributed by atoms with Gasteiger partial charge in [-0.15, -0.1) is 0 Å². The second kappa shape index (κ2) is 5.12. The quantitative estimate of drug-likeness (QED) is 0.622. The zero-order chi connectivity index (χ0) is 13.0. The minimum atomic E-state index is -0.579. The molecule has 1 rings (SSSR count). The van der Waals surface area contributed by atoms with E-state index >= 15 is 0 Å². The van der Waals surface area contributed by atoms with Crippen LogP contribution in [0.1, 0.15) is 13.3 Å². The van der Waals surface area contributed by atoms with Crippen LogP contribution in [0, 0.1) is 21.4 Å². The van der Waals surface area contributed by atoms with Crippen LogP contribution in [0.2, 0.25) is 0 Å². The topological polar surface area (TPSA) is 109 Å². The lowest BCUT2D eigenvalue weighted by atomic mass is 10.2. The first-order chi connectivity index (χ1) is 7.97. The van der Waals surface area contributed by atoms with Crippen molar-refractivity contribution in [3.05, 3.63) is 22.2 Å². The molecule has 0 aliphatic rings. The number of nitrogens with two attached hydrogens (primary N) is 1. The Morgan fingerprint density at radius 3 is 2.82 bits per heavy atom. The summed E-state index contributed by atoms with van der Waals surface area (Å²) in [5.41, 5.74) is 5.28. The van der Waals surface area contributed by atoms with Gasteiger partial charge in [-0.3, -0.25) is 10.1 Å². The van der Waals surface area contributed by atoms with Crippen molar-refractivity contribution in [1.82, 2.24) is 4.98 Å². The molecule has 7 nitrogen and oxygen atoms in total. The average Bonchev–Trinajstić information content (AvgIpc) is 2.27. The molecule has 7 heteroatoms. The standard InChI is InChI=1S/C10H13N5O2/c1-7(5-6-11)14(2)9-4-3-8(15(16)17)10(12)13-9/h3-4,7H,5H2,1-2H3,(H2,12,13). The fraction of sp³-hybridized carbons (Fsp3) is 0.400. The van der Waals surface area contributed by atoms with Gasteiger partial charge in [-0.1, -0.05) is 0 Å². The van der Waals surface area contributed by atoms with E-state index in [1.54, 1.807) is 11.9 Å². The molecule has 0 aliphatic heterocycles. The van der Waals surface area contributed by atoms with Gasteiger partial charge < -0.3 is 10.6 Å². The molecule has 1 heterocycles. The van der Waals surface area contributed by atoms with Gasteiger partial charge in [0.15, 0.2) is 0 Å². The summed E-state index contributed by atoms with van der Waals surface area (Å²) >= 11 is 0. The fourth-order valence-corrected chi connectivity index (χ4v) is 1.30. The highest BCUT2D eigenvalue weighted by Crippen LogP contribution is 2.23. The molecule has 0 aliphatic carbocycles. The summed E-state index contributed by atoms with van der Waals surface area (Å²) in [6, 6.07) is 4.85. The number of nitro groups is 1. The third-order valence-corrected chi connectivity index (χ3v) is 2.49. The Kier molecular flexibility index (Phi) is 3.82. The Hall–Kier alpha value is -2.36. The van der Waals surface area contributed by atoms with Crippen molar-refractivity contribution in [2.75, 3.05) is 17.7 Å². The van der Waals surface area contributed by atoms with Crippen LogP contribution >= 0.6 is 0 Å². The number of hydrogen-bond donors (Lipinski definition) is 1. The number of hydrogen-bond acceptors (Lipinski definition) is 6. The van der Waals surface area contributed by atoms with Crippen molar-refractivity contribution in [1.29, 1.82) is 5.26 Å². The molecule has 0 spiro atoms. The Morgan fingerprint density at radius 2 is 2.35 bits per heavy atom.